The van der Waals surface area contributed by atoms with Gasteiger partial charge in [-0.2, -0.15) is 0 Å². The van der Waals surface area contributed by atoms with E-state index in [-0.39, 0.29) is 24.3 Å². The fourth-order valence-corrected chi connectivity index (χ4v) is 3.09. The Bertz CT molecular complexity index is 356. The Balaban J connectivity index is 1.77. The second-order valence-electron chi connectivity index (χ2n) is 5.93. The average molecular weight is 297 g/mol. The van der Waals surface area contributed by atoms with E-state index in [1.807, 2.05) is 0 Å². The summed E-state index contributed by atoms with van der Waals surface area (Å²) in [7, 11) is 1.63. The molecule has 1 heterocycles. The van der Waals surface area contributed by atoms with Crippen LogP contribution in [-0.2, 0) is 14.3 Å². The third kappa shape index (κ3) is 4.97. The fraction of sp³-hybridized carbons (Fsp3) is 0.867. The van der Waals surface area contributed by atoms with Crippen LogP contribution >= 0.6 is 0 Å². The highest BCUT2D eigenvalue weighted by Gasteiger charge is 2.30. The highest BCUT2D eigenvalue weighted by Crippen LogP contribution is 2.17. The maximum Gasteiger partial charge on any atom is 0.240 e. The first-order valence-electron chi connectivity index (χ1n) is 8.01. The number of piperazine rings is 1. The van der Waals surface area contributed by atoms with Crippen molar-refractivity contribution < 1.29 is 14.3 Å². The lowest BCUT2D eigenvalue weighted by molar-refractivity contribution is -0.139. The summed E-state index contributed by atoms with van der Waals surface area (Å²) in [4.78, 5) is 26.2. The van der Waals surface area contributed by atoms with Crippen LogP contribution in [0.5, 0.6) is 0 Å². The smallest absolute Gasteiger partial charge is 0.240 e. The third-order valence-corrected chi connectivity index (χ3v) is 4.31. The lowest BCUT2D eigenvalue weighted by Gasteiger charge is -2.33. The van der Waals surface area contributed by atoms with Crippen molar-refractivity contribution in [1.82, 2.24) is 15.5 Å². The molecule has 1 saturated carbocycles. The number of nitrogens with one attached hydrogen (secondary N) is 2. The molecule has 6 nitrogen and oxygen atoms in total. The SMILES string of the molecule is COCCN1CCNC(CC(=O)NC2CCCCC2)C1=O. The summed E-state index contributed by atoms with van der Waals surface area (Å²) in [5.41, 5.74) is 0. The number of carbonyl (C=O) groups excluding carboxylic acids is 2. The van der Waals surface area contributed by atoms with Gasteiger partial charge in [-0.15, -0.1) is 0 Å². The molecule has 1 atom stereocenters. The second-order valence-corrected chi connectivity index (χ2v) is 5.93. The Labute approximate surface area is 126 Å². The van der Waals surface area contributed by atoms with Crippen LogP contribution in [0.1, 0.15) is 38.5 Å². The number of amides is 2. The van der Waals surface area contributed by atoms with Gasteiger partial charge in [0.05, 0.1) is 19.1 Å². The molecular weight excluding hydrogens is 270 g/mol. The summed E-state index contributed by atoms with van der Waals surface area (Å²) in [6.45, 7) is 2.55. The van der Waals surface area contributed by atoms with Gasteiger partial charge in [-0.3, -0.25) is 9.59 Å². The first-order valence-corrected chi connectivity index (χ1v) is 8.01. The van der Waals surface area contributed by atoms with E-state index in [0.29, 0.717) is 25.7 Å². The molecule has 2 fully saturated rings. The van der Waals surface area contributed by atoms with Gasteiger partial charge in [-0.05, 0) is 12.8 Å². The zero-order valence-electron chi connectivity index (χ0n) is 12.9. The van der Waals surface area contributed by atoms with Gasteiger partial charge in [-0.1, -0.05) is 19.3 Å². The number of rotatable bonds is 6. The second kappa shape index (κ2) is 8.34. The zero-order valence-corrected chi connectivity index (χ0v) is 12.9. The van der Waals surface area contributed by atoms with Crippen molar-refractivity contribution in [2.75, 3.05) is 33.4 Å². The molecule has 1 aliphatic carbocycles. The predicted molar refractivity (Wildman–Crippen MR) is 79.9 cm³/mol. The van der Waals surface area contributed by atoms with Crippen molar-refractivity contribution in [2.45, 2.75) is 50.6 Å². The predicted octanol–water partition coefficient (Wildman–Crippen LogP) is 0.272. The molecule has 1 saturated heterocycles. The molecule has 0 radical (unpaired) electrons. The number of ether oxygens (including phenoxy) is 1. The summed E-state index contributed by atoms with van der Waals surface area (Å²) in [5.74, 6) is -0.00145. The molecule has 1 aliphatic heterocycles. The fourth-order valence-electron chi connectivity index (χ4n) is 3.09. The average Bonchev–Trinajstić information content (AvgIpc) is 2.49. The summed E-state index contributed by atoms with van der Waals surface area (Å²) >= 11 is 0. The van der Waals surface area contributed by atoms with Crippen LogP contribution in [0.25, 0.3) is 0 Å². The van der Waals surface area contributed by atoms with Crippen molar-refractivity contribution >= 4 is 11.8 Å². The molecule has 2 amide bonds. The minimum absolute atomic E-state index is 0.0112. The monoisotopic (exact) mass is 297 g/mol. The summed E-state index contributed by atoms with van der Waals surface area (Å²) in [5, 5.41) is 6.22. The summed E-state index contributed by atoms with van der Waals surface area (Å²) in [6.07, 6.45) is 6.02. The molecule has 2 rings (SSSR count). The lowest BCUT2D eigenvalue weighted by atomic mass is 9.95. The molecular formula is C15H27N3O3. The zero-order chi connectivity index (χ0) is 15.1. The minimum Gasteiger partial charge on any atom is -0.383 e. The number of methoxy groups -OCH3 is 1. The van der Waals surface area contributed by atoms with Gasteiger partial charge in [0.2, 0.25) is 11.8 Å². The van der Waals surface area contributed by atoms with Crippen LogP contribution in [0.15, 0.2) is 0 Å². The minimum atomic E-state index is -0.390. The lowest BCUT2D eigenvalue weighted by Crippen LogP contribution is -2.57. The van der Waals surface area contributed by atoms with E-state index >= 15 is 0 Å². The Hall–Kier alpha value is -1.14. The van der Waals surface area contributed by atoms with E-state index in [9.17, 15) is 9.59 Å². The molecule has 0 aromatic rings. The molecule has 6 heteroatoms. The van der Waals surface area contributed by atoms with E-state index in [1.54, 1.807) is 12.0 Å². The molecule has 0 spiro atoms. The molecule has 0 aromatic carbocycles. The standard InChI is InChI=1S/C15H27N3O3/c1-21-10-9-18-8-7-16-13(15(18)20)11-14(19)17-12-5-3-2-4-6-12/h12-13,16H,2-11H2,1H3,(H,17,19). The van der Waals surface area contributed by atoms with Gasteiger partial charge < -0.3 is 20.3 Å². The van der Waals surface area contributed by atoms with Crippen LogP contribution in [-0.4, -0.2) is 62.1 Å². The summed E-state index contributed by atoms with van der Waals surface area (Å²) in [6, 6.07) is -0.0891. The summed E-state index contributed by atoms with van der Waals surface area (Å²) < 4.78 is 5.02. The van der Waals surface area contributed by atoms with E-state index in [0.717, 1.165) is 19.4 Å². The number of hydrogen-bond donors (Lipinski definition) is 2. The molecule has 0 aromatic heterocycles. The molecule has 2 aliphatic rings. The van der Waals surface area contributed by atoms with Gasteiger partial charge >= 0.3 is 0 Å². The van der Waals surface area contributed by atoms with E-state index < -0.39 is 0 Å². The Morgan fingerprint density at radius 1 is 1.38 bits per heavy atom. The van der Waals surface area contributed by atoms with Crippen molar-refractivity contribution in [1.29, 1.82) is 0 Å². The third-order valence-electron chi connectivity index (χ3n) is 4.31. The molecule has 21 heavy (non-hydrogen) atoms. The van der Waals surface area contributed by atoms with Crippen molar-refractivity contribution in [3.8, 4) is 0 Å². The van der Waals surface area contributed by atoms with Gasteiger partial charge in [-0.25, -0.2) is 0 Å². The maximum absolute atomic E-state index is 12.3. The maximum atomic E-state index is 12.3. The molecule has 2 N–H and O–H groups in total. The number of carbonyl (C=O) groups is 2. The Morgan fingerprint density at radius 3 is 2.86 bits per heavy atom. The normalized spacial score (nSPS) is 24.1. The van der Waals surface area contributed by atoms with E-state index in [2.05, 4.69) is 10.6 Å². The number of nitrogens with zero attached hydrogens (tertiary/aromatic N) is 1. The Morgan fingerprint density at radius 2 is 2.14 bits per heavy atom. The number of hydrogen-bond acceptors (Lipinski definition) is 4. The van der Waals surface area contributed by atoms with Crippen molar-refractivity contribution in [2.24, 2.45) is 0 Å². The molecule has 0 bridgehead atoms. The van der Waals surface area contributed by atoms with Gasteiger partial charge in [0.25, 0.3) is 0 Å². The van der Waals surface area contributed by atoms with Crippen LogP contribution in [0.4, 0.5) is 0 Å². The highest BCUT2D eigenvalue weighted by molar-refractivity contribution is 5.89. The van der Waals surface area contributed by atoms with Crippen molar-refractivity contribution in [3.63, 3.8) is 0 Å². The van der Waals surface area contributed by atoms with Crippen LogP contribution < -0.4 is 10.6 Å². The van der Waals surface area contributed by atoms with Crippen LogP contribution in [0.2, 0.25) is 0 Å². The van der Waals surface area contributed by atoms with Crippen molar-refractivity contribution in [3.05, 3.63) is 0 Å². The van der Waals surface area contributed by atoms with Crippen LogP contribution in [0.3, 0.4) is 0 Å². The van der Waals surface area contributed by atoms with Crippen LogP contribution in [0, 0.1) is 0 Å². The Kier molecular flexibility index (Phi) is 6.45. The first kappa shape index (κ1) is 16.2. The van der Waals surface area contributed by atoms with E-state index in [4.69, 9.17) is 4.74 Å². The highest BCUT2D eigenvalue weighted by atomic mass is 16.5. The molecule has 1 unspecified atom stereocenters. The first-order chi connectivity index (χ1) is 10.2. The molecule has 120 valence electrons. The quantitative estimate of drug-likeness (QED) is 0.738. The van der Waals surface area contributed by atoms with Gasteiger partial charge in [0.1, 0.15) is 0 Å². The topological polar surface area (TPSA) is 70.7 Å². The van der Waals surface area contributed by atoms with Gasteiger partial charge in [0, 0.05) is 32.8 Å². The largest absolute Gasteiger partial charge is 0.383 e. The van der Waals surface area contributed by atoms with Gasteiger partial charge in [0.15, 0.2) is 0 Å². The van der Waals surface area contributed by atoms with E-state index in [1.165, 1.54) is 19.3 Å².